The highest BCUT2D eigenvalue weighted by atomic mass is 16.2. The van der Waals surface area contributed by atoms with Crippen molar-refractivity contribution < 1.29 is 4.79 Å². The van der Waals surface area contributed by atoms with Crippen LogP contribution in [0.2, 0.25) is 0 Å². The van der Waals surface area contributed by atoms with Crippen molar-refractivity contribution in [2.45, 2.75) is 64.8 Å². The molecule has 1 aliphatic carbocycles. The molecule has 0 spiro atoms. The van der Waals surface area contributed by atoms with Gasteiger partial charge >= 0.3 is 0 Å². The number of aryl methyl sites for hydroxylation is 3. The Morgan fingerprint density at radius 1 is 0.960 bits per heavy atom. The molecular formula is C23H29NO. The van der Waals surface area contributed by atoms with Crippen molar-refractivity contribution in [1.82, 2.24) is 5.32 Å². The molecule has 2 aromatic rings. The second-order valence-electron chi connectivity index (χ2n) is 7.64. The summed E-state index contributed by atoms with van der Waals surface area (Å²) < 4.78 is 0. The molecule has 0 saturated heterocycles. The van der Waals surface area contributed by atoms with Crippen LogP contribution in [0, 0.1) is 20.8 Å². The van der Waals surface area contributed by atoms with Crippen LogP contribution in [-0.4, -0.2) is 5.91 Å². The van der Waals surface area contributed by atoms with E-state index in [0.717, 1.165) is 31.2 Å². The van der Waals surface area contributed by atoms with E-state index in [1.807, 2.05) is 18.2 Å². The lowest BCUT2D eigenvalue weighted by Crippen LogP contribution is -2.43. The molecule has 1 saturated carbocycles. The van der Waals surface area contributed by atoms with Crippen LogP contribution in [0.3, 0.4) is 0 Å². The van der Waals surface area contributed by atoms with Crippen molar-refractivity contribution in [1.29, 1.82) is 0 Å². The first kappa shape index (κ1) is 17.7. The van der Waals surface area contributed by atoms with Gasteiger partial charge in [-0.1, -0.05) is 55.3 Å². The molecule has 1 amide bonds. The smallest absolute Gasteiger partial charge is 0.231 e. The molecule has 1 N–H and O–H groups in total. The second kappa shape index (κ2) is 7.03. The average molecular weight is 335 g/mol. The van der Waals surface area contributed by atoms with E-state index >= 15 is 0 Å². The third-order valence-electron chi connectivity index (χ3n) is 5.91. The van der Waals surface area contributed by atoms with Gasteiger partial charge in [0.1, 0.15) is 0 Å². The molecule has 1 fully saturated rings. The third-order valence-corrected chi connectivity index (χ3v) is 5.91. The van der Waals surface area contributed by atoms with Gasteiger partial charge in [0, 0.05) is 0 Å². The Morgan fingerprint density at radius 3 is 2.20 bits per heavy atom. The molecular weight excluding hydrogens is 306 g/mol. The number of hydrogen-bond donors (Lipinski definition) is 1. The largest absolute Gasteiger partial charge is 0.349 e. The van der Waals surface area contributed by atoms with Crippen LogP contribution in [0.1, 0.15) is 66.5 Å². The van der Waals surface area contributed by atoms with Crippen LogP contribution in [-0.2, 0) is 10.2 Å². The van der Waals surface area contributed by atoms with Gasteiger partial charge in [-0.2, -0.15) is 0 Å². The van der Waals surface area contributed by atoms with E-state index in [9.17, 15) is 4.79 Å². The number of hydrogen-bond acceptors (Lipinski definition) is 1. The van der Waals surface area contributed by atoms with Gasteiger partial charge in [0.05, 0.1) is 11.5 Å². The van der Waals surface area contributed by atoms with Gasteiger partial charge in [0.15, 0.2) is 0 Å². The minimum atomic E-state index is -0.358. The van der Waals surface area contributed by atoms with Crippen LogP contribution >= 0.6 is 0 Å². The normalized spacial score (nSPS) is 17.3. The molecule has 0 radical (unpaired) electrons. The van der Waals surface area contributed by atoms with E-state index in [0.29, 0.717) is 0 Å². The summed E-state index contributed by atoms with van der Waals surface area (Å²) in [7, 11) is 0. The number of amides is 1. The van der Waals surface area contributed by atoms with Crippen LogP contribution in [0.4, 0.5) is 0 Å². The summed E-state index contributed by atoms with van der Waals surface area (Å²) >= 11 is 0. The highest BCUT2D eigenvalue weighted by Gasteiger charge is 2.42. The van der Waals surface area contributed by atoms with Crippen molar-refractivity contribution in [3.05, 3.63) is 70.3 Å². The molecule has 1 aliphatic rings. The van der Waals surface area contributed by atoms with Gasteiger partial charge in [-0.15, -0.1) is 0 Å². The summed E-state index contributed by atoms with van der Waals surface area (Å²) in [6, 6.07) is 14.8. The van der Waals surface area contributed by atoms with Gasteiger partial charge in [-0.05, 0) is 68.4 Å². The van der Waals surface area contributed by atoms with Gasteiger partial charge in [0.25, 0.3) is 0 Å². The van der Waals surface area contributed by atoms with Crippen molar-refractivity contribution >= 4 is 5.91 Å². The number of carbonyl (C=O) groups is 1. The Labute approximate surface area is 151 Å². The summed E-state index contributed by atoms with van der Waals surface area (Å²) in [5.74, 6) is 0.182. The Balaban J connectivity index is 1.86. The van der Waals surface area contributed by atoms with E-state index in [1.165, 1.54) is 22.3 Å². The molecule has 2 aromatic carbocycles. The maximum Gasteiger partial charge on any atom is 0.231 e. The number of carbonyl (C=O) groups excluding carboxylic acids is 1. The van der Waals surface area contributed by atoms with E-state index in [4.69, 9.17) is 0 Å². The standard InChI is InChI=1S/C23H29NO/c1-16-14-18(3)21(15-17(16)2)19(4)24-22(25)23(12-8-9-13-23)20-10-6-5-7-11-20/h5-7,10-11,14-15,19H,8-9,12-13H2,1-4H3,(H,24,25)/t19-/m0/s1. The first-order chi connectivity index (χ1) is 11.9. The van der Waals surface area contributed by atoms with Gasteiger partial charge < -0.3 is 5.32 Å². The van der Waals surface area contributed by atoms with Gasteiger partial charge in [-0.3, -0.25) is 4.79 Å². The number of rotatable bonds is 4. The highest BCUT2D eigenvalue weighted by molar-refractivity contribution is 5.89. The van der Waals surface area contributed by atoms with E-state index in [2.05, 4.69) is 57.3 Å². The van der Waals surface area contributed by atoms with Crippen LogP contribution in [0.15, 0.2) is 42.5 Å². The first-order valence-corrected chi connectivity index (χ1v) is 9.38. The fraction of sp³-hybridized carbons (Fsp3) is 0.435. The summed E-state index contributed by atoms with van der Waals surface area (Å²) in [6.07, 6.45) is 4.14. The predicted octanol–water partition coefficient (Wildman–Crippen LogP) is 5.30. The molecule has 3 rings (SSSR count). The summed E-state index contributed by atoms with van der Waals surface area (Å²) in [4.78, 5) is 13.3. The molecule has 25 heavy (non-hydrogen) atoms. The zero-order valence-electron chi connectivity index (χ0n) is 15.9. The fourth-order valence-electron chi connectivity index (χ4n) is 4.24. The summed E-state index contributed by atoms with van der Waals surface area (Å²) in [6.45, 7) is 8.50. The number of nitrogens with one attached hydrogen (secondary N) is 1. The monoisotopic (exact) mass is 335 g/mol. The lowest BCUT2D eigenvalue weighted by Gasteiger charge is -2.30. The Bertz CT molecular complexity index is 757. The van der Waals surface area contributed by atoms with E-state index in [-0.39, 0.29) is 17.4 Å². The Morgan fingerprint density at radius 2 is 1.56 bits per heavy atom. The van der Waals surface area contributed by atoms with Crippen LogP contribution in [0.25, 0.3) is 0 Å². The van der Waals surface area contributed by atoms with Crippen molar-refractivity contribution in [2.75, 3.05) is 0 Å². The second-order valence-corrected chi connectivity index (χ2v) is 7.64. The molecule has 1 atom stereocenters. The van der Waals surface area contributed by atoms with Gasteiger partial charge in [0.2, 0.25) is 5.91 Å². The molecule has 0 aromatic heterocycles. The molecule has 0 unspecified atom stereocenters. The predicted molar refractivity (Wildman–Crippen MR) is 104 cm³/mol. The zero-order valence-corrected chi connectivity index (χ0v) is 15.9. The van der Waals surface area contributed by atoms with Crippen LogP contribution < -0.4 is 5.32 Å². The van der Waals surface area contributed by atoms with E-state index < -0.39 is 0 Å². The van der Waals surface area contributed by atoms with Crippen molar-refractivity contribution in [3.63, 3.8) is 0 Å². The lowest BCUT2D eigenvalue weighted by molar-refractivity contribution is -0.127. The average Bonchev–Trinajstić information content (AvgIpc) is 3.10. The molecule has 0 heterocycles. The summed E-state index contributed by atoms with van der Waals surface area (Å²) in [5.41, 5.74) is 5.85. The summed E-state index contributed by atoms with van der Waals surface area (Å²) in [5, 5.41) is 3.33. The fourth-order valence-corrected chi connectivity index (χ4v) is 4.24. The quantitative estimate of drug-likeness (QED) is 0.807. The van der Waals surface area contributed by atoms with Crippen molar-refractivity contribution in [2.24, 2.45) is 0 Å². The zero-order chi connectivity index (χ0) is 18.0. The van der Waals surface area contributed by atoms with Crippen molar-refractivity contribution in [3.8, 4) is 0 Å². The molecule has 2 heteroatoms. The lowest BCUT2D eigenvalue weighted by atomic mass is 9.77. The minimum Gasteiger partial charge on any atom is -0.349 e. The highest BCUT2D eigenvalue weighted by Crippen LogP contribution is 2.41. The molecule has 2 nitrogen and oxygen atoms in total. The SMILES string of the molecule is Cc1cc(C)c([C@H](C)NC(=O)C2(c3ccccc3)CCCC2)cc1C. The topological polar surface area (TPSA) is 29.1 Å². The van der Waals surface area contributed by atoms with Crippen LogP contribution in [0.5, 0.6) is 0 Å². The maximum atomic E-state index is 13.3. The molecule has 0 bridgehead atoms. The molecule has 0 aliphatic heterocycles. The number of benzene rings is 2. The Kier molecular flexibility index (Phi) is 4.99. The first-order valence-electron chi connectivity index (χ1n) is 9.38. The Hall–Kier alpha value is -2.09. The third kappa shape index (κ3) is 3.35. The minimum absolute atomic E-state index is 0.0213. The maximum absolute atomic E-state index is 13.3. The van der Waals surface area contributed by atoms with Gasteiger partial charge in [-0.25, -0.2) is 0 Å². The van der Waals surface area contributed by atoms with E-state index in [1.54, 1.807) is 0 Å². The molecule has 132 valence electrons.